The highest BCUT2D eigenvalue weighted by Gasteiger charge is 2.23. The molecule has 226 valence electrons. The van der Waals surface area contributed by atoms with Gasteiger partial charge in [-0.3, -0.25) is 14.7 Å². The maximum atomic E-state index is 14.2. The van der Waals surface area contributed by atoms with Crippen molar-refractivity contribution in [1.29, 1.82) is 0 Å². The molecule has 9 nitrogen and oxygen atoms in total. The Balaban J connectivity index is 1.03. The van der Waals surface area contributed by atoms with Crippen LogP contribution in [0.3, 0.4) is 0 Å². The van der Waals surface area contributed by atoms with Gasteiger partial charge >= 0.3 is 0 Å². The average molecular weight is 614 g/mol. The number of imidazole rings is 1. The Kier molecular flexibility index (Phi) is 8.81. The number of hydrogen-bond acceptors (Lipinski definition) is 7. The number of amides is 1. The first-order valence-corrected chi connectivity index (χ1v) is 15.1. The first kappa shape index (κ1) is 29.7. The minimum absolute atomic E-state index is 0.0289. The average Bonchev–Trinajstić information content (AvgIpc) is 3.33. The van der Waals surface area contributed by atoms with Gasteiger partial charge in [-0.15, -0.1) is 0 Å². The number of nitrogens with one attached hydrogen (secondary N) is 1. The number of nitrogens with zero attached hydrogens (tertiary/aromatic N) is 6. The summed E-state index contributed by atoms with van der Waals surface area (Å²) in [4.78, 5) is 33.1. The zero-order valence-corrected chi connectivity index (χ0v) is 25.4. The van der Waals surface area contributed by atoms with E-state index in [4.69, 9.17) is 21.3 Å². The molecular formula is C33H33ClFN7O2. The molecule has 4 heterocycles. The van der Waals surface area contributed by atoms with Gasteiger partial charge in [-0.25, -0.2) is 14.4 Å². The lowest BCUT2D eigenvalue weighted by Crippen LogP contribution is -2.38. The van der Waals surface area contributed by atoms with E-state index >= 15 is 0 Å². The van der Waals surface area contributed by atoms with E-state index in [0.29, 0.717) is 40.1 Å². The fraction of sp³-hybridized carbons (Fsp3) is 0.303. The quantitative estimate of drug-likeness (QED) is 0.218. The summed E-state index contributed by atoms with van der Waals surface area (Å²) in [6.07, 6.45) is 6.06. The van der Waals surface area contributed by atoms with E-state index < -0.39 is 0 Å². The Morgan fingerprint density at radius 3 is 2.66 bits per heavy atom. The second-order valence-electron chi connectivity index (χ2n) is 11.0. The Labute approximate surface area is 260 Å². The molecule has 0 bridgehead atoms. The van der Waals surface area contributed by atoms with Crippen molar-refractivity contribution in [3.8, 4) is 5.88 Å². The number of rotatable bonds is 9. The number of fused-ring (bicyclic) bond motifs is 1. The third kappa shape index (κ3) is 6.87. The van der Waals surface area contributed by atoms with Crippen LogP contribution in [0.2, 0.25) is 5.02 Å². The molecule has 1 aliphatic rings. The molecule has 44 heavy (non-hydrogen) atoms. The van der Waals surface area contributed by atoms with Gasteiger partial charge in [-0.1, -0.05) is 24.6 Å². The second kappa shape index (κ2) is 13.1. The molecule has 5 aromatic rings. The monoisotopic (exact) mass is 613 g/mol. The van der Waals surface area contributed by atoms with Gasteiger partial charge in [0.05, 0.1) is 23.1 Å². The molecule has 0 spiro atoms. The topological polar surface area (TPSA) is 98.1 Å². The molecule has 0 saturated carbocycles. The van der Waals surface area contributed by atoms with E-state index in [1.807, 2.05) is 38.2 Å². The van der Waals surface area contributed by atoms with Crippen LogP contribution in [0.1, 0.15) is 53.0 Å². The molecule has 1 saturated heterocycles. The predicted molar refractivity (Wildman–Crippen MR) is 167 cm³/mol. The molecule has 0 radical (unpaired) electrons. The van der Waals surface area contributed by atoms with Crippen LogP contribution in [0.25, 0.3) is 11.0 Å². The standard InChI is InChI=1S/C33H33ClFN7O2/c1-3-24-7-5-22(19-37-24)33(43)38-25-8-9-29-28(18-25)39-31(41(29)2)20-42-14-11-26(12-15-42)44-32-10-13-36-30(40-32)16-21-4-6-23(34)17-27(21)35/h4-10,13,17-19,26H,3,11-12,14-16,20H2,1-2H3,(H,38,43). The van der Waals surface area contributed by atoms with E-state index in [1.165, 1.54) is 6.07 Å². The summed E-state index contributed by atoms with van der Waals surface area (Å²) in [6, 6.07) is 15.8. The van der Waals surface area contributed by atoms with Crippen LogP contribution in [-0.4, -0.2) is 54.5 Å². The normalized spacial score (nSPS) is 14.2. The summed E-state index contributed by atoms with van der Waals surface area (Å²) in [5, 5.41) is 3.32. The maximum absolute atomic E-state index is 14.2. The van der Waals surface area contributed by atoms with Crippen molar-refractivity contribution in [3.05, 3.63) is 106 Å². The molecule has 1 fully saturated rings. The van der Waals surface area contributed by atoms with Gasteiger partial charge in [0.2, 0.25) is 5.88 Å². The Morgan fingerprint density at radius 1 is 1.07 bits per heavy atom. The highest BCUT2D eigenvalue weighted by molar-refractivity contribution is 6.30. The van der Waals surface area contributed by atoms with Crippen LogP contribution in [-0.2, 0) is 26.4 Å². The minimum Gasteiger partial charge on any atom is -0.474 e. The lowest BCUT2D eigenvalue weighted by Gasteiger charge is -2.31. The molecule has 2 aromatic carbocycles. The third-order valence-electron chi connectivity index (χ3n) is 7.91. The molecule has 1 amide bonds. The smallest absolute Gasteiger partial charge is 0.257 e. The number of ether oxygens (including phenoxy) is 1. The van der Waals surface area contributed by atoms with Gasteiger partial charge < -0.3 is 14.6 Å². The van der Waals surface area contributed by atoms with Gasteiger partial charge in [-0.05, 0) is 67.3 Å². The van der Waals surface area contributed by atoms with Crippen LogP contribution >= 0.6 is 11.6 Å². The molecule has 11 heteroatoms. The number of carbonyl (C=O) groups excluding carboxylic acids is 1. The number of aromatic nitrogens is 5. The predicted octanol–water partition coefficient (Wildman–Crippen LogP) is 6.00. The number of halogens is 2. The lowest BCUT2D eigenvalue weighted by atomic mass is 10.1. The zero-order chi connectivity index (χ0) is 30.6. The summed E-state index contributed by atoms with van der Waals surface area (Å²) in [6.45, 7) is 4.45. The Hall–Kier alpha value is -4.41. The third-order valence-corrected chi connectivity index (χ3v) is 8.15. The van der Waals surface area contributed by atoms with Gasteiger partial charge in [0.1, 0.15) is 23.6 Å². The van der Waals surface area contributed by atoms with Gasteiger partial charge in [-0.2, -0.15) is 4.98 Å². The molecule has 0 unspecified atom stereocenters. The van der Waals surface area contributed by atoms with Crippen molar-refractivity contribution in [3.63, 3.8) is 0 Å². The van der Waals surface area contributed by atoms with E-state index in [-0.39, 0.29) is 24.2 Å². The molecule has 1 N–H and O–H groups in total. The largest absolute Gasteiger partial charge is 0.474 e. The molecule has 0 aliphatic carbocycles. The number of carbonyl (C=O) groups is 1. The molecular weight excluding hydrogens is 581 g/mol. The highest BCUT2D eigenvalue weighted by atomic mass is 35.5. The number of hydrogen-bond donors (Lipinski definition) is 1. The SMILES string of the molecule is CCc1ccc(C(=O)Nc2ccc3c(c2)nc(CN2CCC(Oc4ccnc(Cc5ccc(Cl)cc5F)n4)CC2)n3C)cn1. The van der Waals surface area contributed by atoms with Crippen LogP contribution < -0.4 is 10.1 Å². The van der Waals surface area contributed by atoms with E-state index in [0.717, 1.165) is 54.9 Å². The Morgan fingerprint density at radius 2 is 1.91 bits per heavy atom. The first-order valence-electron chi connectivity index (χ1n) is 14.7. The number of likely N-dealkylation sites (tertiary alicyclic amines) is 1. The minimum atomic E-state index is -0.376. The van der Waals surface area contributed by atoms with Crippen molar-refractivity contribution in [2.45, 2.75) is 45.3 Å². The molecule has 6 rings (SSSR count). The fourth-order valence-electron chi connectivity index (χ4n) is 5.36. The fourth-order valence-corrected chi connectivity index (χ4v) is 5.52. The van der Waals surface area contributed by atoms with Gasteiger partial charge in [0, 0.05) is 61.4 Å². The number of benzene rings is 2. The zero-order valence-electron chi connectivity index (χ0n) is 24.6. The molecule has 0 atom stereocenters. The second-order valence-corrected chi connectivity index (χ2v) is 11.4. The molecule has 3 aromatic heterocycles. The van der Waals surface area contributed by atoms with E-state index in [1.54, 1.807) is 36.7 Å². The number of anilines is 1. The van der Waals surface area contributed by atoms with Crippen LogP contribution in [0.4, 0.5) is 10.1 Å². The first-order chi connectivity index (χ1) is 21.3. The van der Waals surface area contributed by atoms with Crippen LogP contribution in [0.5, 0.6) is 5.88 Å². The van der Waals surface area contributed by atoms with Crippen molar-refractivity contribution >= 4 is 34.2 Å². The van der Waals surface area contributed by atoms with Crippen LogP contribution in [0.15, 0.2) is 67.0 Å². The Bertz CT molecular complexity index is 1790. The van der Waals surface area contributed by atoms with Crippen molar-refractivity contribution in [1.82, 2.24) is 29.4 Å². The summed E-state index contributed by atoms with van der Waals surface area (Å²) < 4.78 is 22.5. The summed E-state index contributed by atoms with van der Waals surface area (Å²) >= 11 is 5.87. The van der Waals surface area contributed by atoms with Gasteiger partial charge in [0.15, 0.2) is 0 Å². The summed E-state index contributed by atoms with van der Waals surface area (Å²) in [5.74, 6) is 1.37. The van der Waals surface area contributed by atoms with E-state index in [2.05, 4.69) is 29.7 Å². The summed E-state index contributed by atoms with van der Waals surface area (Å²) in [5.41, 5.74) is 4.48. The van der Waals surface area contributed by atoms with Gasteiger partial charge in [0.25, 0.3) is 5.91 Å². The van der Waals surface area contributed by atoms with Crippen LogP contribution in [0, 0.1) is 5.82 Å². The number of pyridine rings is 1. The van der Waals surface area contributed by atoms with E-state index in [9.17, 15) is 9.18 Å². The summed E-state index contributed by atoms with van der Waals surface area (Å²) in [7, 11) is 2.02. The van der Waals surface area contributed by atoms with Crippen molar-refractivity contribution < 1.29 is 13.9 Å². The van der Waals surface area contributed by atoms with Crippen molar-refractivity contribution in [2.24, 2.45) is 7.05 Å². The highest BCUT2D eigenvalue weighted by Crippen LogP contribution is 2.24. The molecule has 1 aliphatic heterocycles. The lowest BCUT2D eigenvalue weighted by molar-refractivity contribution is 0.0912. The maximum Gasteiger partial charge on any atom is 0.257 e. The number of aryl methyl sites for hydroxylation is 2. The van der Waals surface area contributed by atoms with Crippen molar-refractivity contribution in [2.75, 3.05) is 18.4 Å². The number of piperidine rings is 1.